The van der Waals surface area contributed by atoms with E-state index in [0.29, 0.717) is 30.0 Å². The molecule has 0 saturated carbocycles. The minimum absolute atomic E-state index is 0.388. The number of carbonyl (C=O) groups excluding carboxylic acids is 2. The lowest BCUT2D eigenvalue weighted by Crippen LogP contribution is -2.63. The molecule has 2 aliphatic rings. The molecule has 2 aromatic carbocycles. The summed E-state index contributed by atoms with van der Waals surface area (Å²) in [5, 5.41) is 14.5. The molecule has 0 aliphatic carbocycles. The van der Waals surface area contributed by atoms with Gasteiger partial charge in [-0.15, -0.1) is 0 Å². The molecule has 2 aliphatic heterocycles. The topological polar surface area (TPSA) is 72.9 Å². The maximum atomic E-state index is 13.4. The minimum Gasteiger partial charge on any atom is -0.359 e. The van der Waals surface area contributed by atoms with Gasteiger partial charge in [0, 0.05) is 24.3 Å². The molecule has 0 unspecified atom stereocenters. The summed E-state index contributed by atoms with van der Waals surface area (Å²) in [6.45, 7) is 1.18. The van der Waals surface area contributed by atoms with E-state index >= 15 is 0 Å². The van der Waals surface area contributed by atoms with Crippen LogP contribution in [0.3, 0.4) is 0 Å². The summed E-state index contributed by atoms with van der Waals surface area (Å²) < 4.78 is 0. The molecule has 1 saturated heterocycles. The van der Waals surface area contributed by atoms with Crippen molar-refractivity contribution in [2.45, 2.75) is 25.0 Å². The van der Waals surface area contributed by atoms with Crippen LogP contribution in [0.25, 0.3) is 0 Å². The predicted octanol–water partition coefficient (Wildman–Crippen LogP) is 2.90. The third-order valence-corrected chi connectivity index (χ3v) is 5.03. The van der Waals surface area contributed by atoms with E-state index in [4.69, 9.17) is 0 Å². The molecule has 0 aromatic heterocycles. The molecule has 26 heavy (non-hydrogen) atoms. The Bertz CT molecular complexity index is 833. The first-order valence-corrected chi connectivity index (χ1v) is 8.90. The molecule has 0 spiro atoms. The van der Waals surface area contributed by atoms with E-state index < -0.39 is 17.7 Å². The van der Waals surface area contributed by atoms with Crippen molar-refractivity contribution in [1.29, 1.82) is 0 Å². The fourth-order valence-corrected chi connectivity index (χ4v) is 3.74. The predicted molar refractivity (Wildman–Crippen MR) is 98.7 cm³/mol. The Balaban J connectivity index is 1.87. The van der Waals surface area contributed by atoms with E-state index in [1.165, 1.54) is 0 Å². The second-order valence-electron chi connectivity index (χ2n) is 6.67. The van der Waals surface area contributed by atoms with E-state index in [-0.39, 0.29) is 0 Å². The van der Waals surface area contributed by atoms with Crippen molar-refractivity contribution in [2.24, 2.45) is 0 Å². The van der Waals surface area contributed by atoms with Gasteiger partial charge in [0.1, 0.15) is 0 Å². The molecular weight excluding hydrogens is 330 g/mol. The third kappa shape index (κ3) is 2.54. The molecule has 0 radical (unpaired) electrons. The van der Waals surface area contributed by atoms with Gasteiger partial charge in [-0.3, -0.25) is 9.69 Å². The van der Waals surface area contributed by atoms with Crippen LogP contribution in [-0.2, 0) is 10.5 Å². The second-order valence-corrected chi connectivity index (χ2v) is 6.67. The van der Waals surface area contributed by atoms with E-state index in [1.54, 1.807) is 53.4 Å². The number of fused-ring (bicyclic) bond motifs is 1. The van der Waals surface area contributed by atoms with Crippen molar-refractivity contribution >= 4 is 23.3 Å². The molecule has 2 N–H and O–H groups in total. The molecule has 2 heterocycles. The summed E-state index contributed by atoms with van der Waals surface area (Å²) in [7, 11) is 0. The number of nitrogens with one attached hydrogen (secondary N) is 1. The number of piperidine rings is 1. The minimum atomic E-state index is -2.07. The summed E-state index contributed by atoms with van der Waals surface area (Å²) in [6, 6.07) is 15.2. The van der Waals surface area contributed by atoms with Gasteiger partial charge in [-0.25, -0.2) is 4.79 Å². The number of amides is 3. The smallest absolute Gasteiger partial charge is 0.329 e. The average Bonchev–Trinajstić information content (AvgIpc) is 2.69. The van der Waals surface area contributed by atoms with Crippen LogP contribution in [0.4, 0.5) is 16.2 Å². The number of para-hydroxylation sites is 2. The van der Waals surface area contributed by atoms with Crippen LogP contribution in [0, 0.1) is 0 Å². The van der Waals surface area contributed by atoms with Crippen molar-refractivity contribution < 1.29 is 14.7 Å². The number of carbonyl (C=O) groups is 2. The summed E-state index contributed by atoms with van der Waals surface area (Å²) in [5.74, 6) is -0.455. The van der Waals surface area contributed by atoms with Gasteiger partial charge in [0.05, 0.1) is 5.69 Å². The van der Waals surface area contributed by atoms with Crippen LogP contribution < -0.4 is 10.2 Å². The first-order chi connectivity index (χ1) is 12.6. The van der Waals surface area contributed by atoms with E-state index in [2.05, 4.69) is 5.32 Å². The third-order valence-electron chi connectivity index (χ3n) is 5.03. The Labute approximate surface area is 152 Å². The normalized spacial score (nSPS) is 22.6. The highest BCUT2D eigenvalue weighted by Gasteiger charge is 2.53. The average molecular weight is 351 g/mol. The number of likely N-dealkylation sites (tertiary alicyclic amines) is 1. The zero-order chi connectivity index (χ0) is 18.1. The van der Waals surface area contributed by atoms with E-state index in [0.717, 1.165) is 24.2 Å². The number of benzene rings is 2. The summed E-state index contributed by atoms with van der Waals surface area (Å²) in [6.07, 6.45) is 2.88. The van der Waals surface area contributed by atoms with Crippen LogP contribution in [0.15, 0.2) is 54.6 Å². The first kappa shape index (κ1) is 16.6. The molecule has 1 fully saturated rings. The quantitative estimate of drug-likeness (QED) is 0.874. The number of anilines is 2. The summed E-state index contributed by atoms with van der Waals surface area (Å²) >= 11 is 0. The zero-order valence-electron chi connectivity index (χ0n) is 14.4. The Morgan fingerprint density at radius 3 is 2.35 bits per heavy atom. The van der Waals surface area contributed by atoms with Gasteiger partial charge in [-0.2, -0.15) is 0 Å². The fraction of sp³-hybridized carbons (Fsp3) is 0.300. The lowest BCUT2D eigenvalue weighted by molar-refractivity contribution is -0.152. The first-order valence-electron chi connectivity index (χ1n) is 8.90. The van der Waals surface area contributed by atoms with Crippen LogP contribution in [0.2, 0.25) is 0 Å². The van der Waals surface area contributed by atoms with Crippen LogP contribution in [0.5, 0.6) is 0 Å². The molecule has 1 atom stereocenters. The summed E-state index contributed by atoms with van der Waals surface area (Å²) in [5.41, 5.74) is -0.763. The van der Waals surface area contributed by atoms with E-state index in [1.807, 2.05) is 6.07 Å². The lowest BCUT2D eigenvalue weighted by atomic mass is 9.93. The Morgan fingerprint density at radius 1 is 0.962 bits per heavy atom. The molecular formula is C20H21N3O3. The van der Waals surface area contributed by atoms with Gasteiger partial charge in [-0.1, -0.05) is 36.4 Å². The highest BCUT2D eigenvalue weighted by Crippen LogP contribution is 2.40. The number of nitrogens with zero attached hydrogens (tertiary/aromatic N) is 2. The molecule has 0 bridgehead atoms. The fourth-order valence-electron chi connectivity index (χ4n) is 3.74. The van der Waals surface area contributed by atoms with Crippen LogP contribution in [-0.4, -0.2) is 35.0 Å². The molecule has 4 rings (SSSR count). The monoisotopic (exact) mass is 351 g/mol. The maximum Gasteiger partial charge on any atom is 0.329 e. The number of hydrogen-bond acceptors (Lipinski definition) is 3. The van der Waals surface area contributed by atoms with Gasteiger partial charge in [-0.05, 0) is 37.5 Å². The number of aliphatic hydroxyl groups is 1. The molecule has 3 amide bonds. The number of urea groups is 1. The van der Waals surface area contributed by atoms with Crippen LogP contribution in [0.1, 0.15) is 24.8 Å². The van der Waals surface area contributed by atoms with Gasteiger partial charge in [0.15, 0.2) is 0 Å². The highest BCUT2D eigenvalue weighted by molar-refractivity contribution is 6.11. The lowest BCUT2D eigenvalue weighted by Gasteiger charge is -2.45. The van der Waals surface area contributed by atoms with Crippen LogP contribution >= 0.6 is 0 Å². The van der Waals surface area contributed by atoms with Gasteiger partial charge in [0.2, 0.25) is 0 Å². The van der Waals surface area contributed by atoms with Crippen molar-refractivity contribution in [3.63, 3.8) is 0 Å². The van der Waals surface area contributed by atoms with E-state index in [9.17, 15) is 14.7 Å². The van der Waals surface area contributed by atoms with Crippen molar-refractivity contribution in [1.82, 2.24) is 4.90 Å². The highest BCUT2D eigenvalue weighted by atomic mass is 16.3. The largest absolute Gasteiger partial charge is 0.359 e. The zero-order valence-corrected chi connectivity index (χ0v) is 14.4. The van der Waals surface area contributed by atoms with Crippen molar-refractivity contribution in [3.05, 3.63) is 60.2 Å². The van der Waals surface area contributed by atoms with Gasteiger partial charge < -0.3 is 15.3 Å². The molecule has 134 valence electrons. The molecule has 2 aromatic rings. The SMILES string of the molecule is O=C1Nc2ccccc2[C@@](O)(C(=O)N2CCCCC2)N1c1ccccc1. The summed E-state index contributed by atoms with van der Waals surface area (Å²) in [4.78, 5) is 29.1. The Hall–Kier alpha value is -2.86. The van der Waals surface area contributed by atoms with Crippen molar-refractivity contribution in [2.75, 3.05) is 23.3 Å². The molecule has 6 heteroatoms. The number of hydrogen-bond donors (Lipinski definition) is 2. The Kier molecular flexibility index (Phi) is 4.12. The molecule has 6 nitrogen and oxygen atoms in total. The van der Waals surface area contributed by atoms with Gasteiger partial charge >= 0.3 is 6.03 Å². The Morgan fingerprint density at radius 2 is 1.62 bits per heavy atom. The standard InChI is InChI=1S/C20H21N3O3/c24-18(22-13-7-2-8-14-22)20(26)16-11-5-6-12-17(16)21-19(25)23(20)15-9-3-1-4-10-15/h1,3-6,9-12,26H,2,7-8,13-14H2,(H,21,25)/t20-/m1/s1. The second kappa shape index (κ2) is 6.46. The van der Waals surface area contributed by atoms with Crippen molar-refractivity contribution in [3.8, 4) is 0 Å². The number of rotatable bonds is 2. The maximum absolute atomic E-state index is 13.4. The van der Waals surface area contributed by atoms with Gasteiger partial charge in [0.25, 0.3) is 11.6 Å².